The van der Waals surface area contributed by atoms with Crippen molar-refractivity contribution in [1.82, 2.24) is 0 Å². The monoisotopic (exact) mass is 216 g/mol. The molecular formula is C12H12N2O2. The lowest BCUT2D eigenvalue weighted by Gasteiger charge is -2.05. The van der Waals surface area contributed by atoms with Gasteiger partial charge in [0.25, 0.3) is 0 Å². The molecule has 0 radical (unpaired) electrons. The molecule has 2 N–H and O–H groups in total. The van der Waals surface area contributed by atoms with Gasteiger partial charge in [-0.2, -0.15) is 0 Å². The summed E-state index contributed by atoms with van der Waals surface area (Å²) in [5, 5.41) is 5.63. The smallest absolute Gasteiger partial charge is 0.228 e. The number of anilines is 2. The fraction of sp³-hybridized carbons (Fsp3) is 0.333. The third-order valence-electron chi connectivity index (χ3n) is 2.95. The van der Waals surface area contributed by atoms with Crippen LogP contribution in [-0.2, 0) is 16.0 Å². The maximum absolute atomic E-state index is 11.5. The molecule has 1 aromatic rings. The predicted octanol–water partition coefficient (Wildman–Crippen LogP) is 1.53. The highest BCUT2D eigenvalue weighted by Crippen LogP contribution is 2.31. The minimum absolute atomic E-state index is 0.0145. The van der Waals surface area contributed by atoms with Crippen LogP contribution in [0.3, 0.4) is 0 Å². The summed E-state index contributed by atoms with van der Waals surface area (Å²) < 4.78 is 0. The molecule has 4 heteroatoms. The Hall–Kier alpha value is -1.84. The molecule has 0 aromatic heterocycles. The molecule has 2 aliphatic rings. The van der Waals surface area contributed by atoms with E-state index in [9.17, 15) is 9.59 Å². The highest BCUT2D eigenvalue weighted by Gasteiger charge is 2.29. The van der Waals surface area contributed by atoms with Gasteiger partial charge in [-0.25, -0.2) is 0 Å². The number of fused-ring (bicyclic) bond motifs is 1. The molecule has 82 valence electrons. The number of nitrogens with one attached hydrogen (secondary N) is 2. The second-order valence-electron chi connectivity index (χ2n) is 4.36. The Kier molecular flexibility index (Phi) is 1.96. The number of hydrogen-bond acceptors (Lipinski definition) is 2. The number of hydrogen-bond donors (Lipinski definition) is 2. The molecule has 16 heavy (non-hydrogen) atoms. The average molecular weight is 216 g/mol. The van der Waals surface area contributed by atoms with Crippen molar-refractivity contribution in [1.29, 1.82) is 0 Å². The Morgan fingerprint density at radius 2 is 2.19 bits per heavy atom. The Morgan fingerprint density at radius 1 is 1.38 bits per heavy atom. The topological polar surface area (TPSA) is 58.2 Å². The minimum atomic E-state index is 0.0145. The van der Waals surface area contributed by atoms with Crippen LogP contribution in [0, 0.1) is 5.92 Å². The molecular weight excluding hydrogens is 204 g/mol. The van der Waals surface area contributed by atoms with Gasteiger partial charge in [0.05, 0.1) is 6.42 Å². The van der Waals surface area contributed by atoms with Crippen LogP contribution in [0.4, 0.5) is 11.4 Å². The van der Waals surface area contributed by atoms with E-state index in [1.165, 1.54) is 0 Å². The van der Waals surface area contributed by atoms with Gasteiger partial charge in [0, 0.05) is 17.3 Å². The number of rotatable bonds is 2. The summed E-state index contributed by atoms with van der Waals surface area (Å²) in [6.45, 7) is 0. The van der Waals surface area contributed by atoms with Crippen molar-refractivity contribution >= 4 is 23.2 Å². The number of benzene rings is 1. The summed E-state index contributed by atoms with van der Waals surface area (Å²) in [4.78, 5) is 22.7. The van der Waals surface area contributed by atoms with E-state index in [1.807, 2.05) is 18.2 Å². The van der Waals surface area contributed by atoms with Crippen LogP contribution in [0.15, 0.2) is 18.2 Å². The van der Waals surface area contributed by atoms with Gasteiger partial charge in [0.2, 0.25) is 11.8 Å². The molecule has 1 aliphatic carbocycles. The van der Waals surface area contributed by atoms with E-state index in [4.69, 9.17) is 0 Å². The first-order valence-electron chi connectivity index (χ1n) is 5.46. The molecule has 1 fully saturated rings. The zero-order valence-corrected chi connectivity index (χ0v) is 8.75. The van der Waals surface area contributed by atoms with Crippen molar-refractivity contribution in [2.45, 2.75) is 19.3 Å². The van der Waals surface area contributed by atoms with Crippen LogP contribution in [0.1, 0.15) is 18.4 Å². The Morgan fingerprint density at radius 3 is 2.94 bits per heavy atom. The molecule has 0 spiro atoms. The van der Waals surface area contributed by atoms with E-state index in [1.54, 1.807) is 0 Å². The lowest BCUT2D eigenvalue weighted by atomic mass is 10.1. The summed E-state index contributed by atoms with van der Waals surface area (Å²) in [5.41, 5.74) is 2.60. The molecule has 0 saturated heterocycles. The van der Waals surface area contributed by atoms with E-state index in [0.29, 0.717) is 6.42 Å². The van der Waals surface area contributed by atoms with Crippen LogP contribution in [0.2, 0.25) is 0 Å². The highest BCUT2D eigenvalue weighted by atomic mass is 16.2. The van der Waals surface area contributed by atoms with Crippen LogP contribution in [-0.4, -0.2) is 11.8 Å². The van der Waals surface area contributed by atoms with Crippen molar-refractivity contribution in [3.05, 3.63) is 23.8 Å². The van der Waals surface area contributed by atoms with Crippen molar-refractivity contribution in [2.75, 3.05) is 10.6 Å². The van der Waals surface area contributed by atoms with Crippen LogP contribution >= 0.6 is 0 Å². The molecule has 4 nitrogen and oxygen atoms in total. The van der Waals surface area contributed by atoms with E-state index in [0.717, 1.165) is 29.8 Å². The third kappa shape index (κ3) is 1.66. The van der Waals surface area contributed by atoms with Gasteiger partial charge in [-0.1, -0.05) is 0 Å². The molecule has 1 aromatic carbocycles. The van der Waals surface area contributed by atoms with E-state index < -0.39 is 0 Å². The summed E-state index contributed by atoms with van der Waals surface area (Å²) in [6.07, 6.45) is 2.40. The Bertz CT molecular complexity index is 478. The zero-order chi connectivity index (χ0) is 11.1. The Labute approximate surface area is 93.0 Å². The van der Waals surface area contributed by atoms with Gasteiger partial charge in [-0.15, -0.1) is 0 Å². The fourth-order valence-electron chi connectivity index (χ4n) is 1.90. The number of amides is 2. The molecule has 0 atom stereocenters. The second kappa shape index (κ2) is 3.33. The molecule has 1 heterocycles. The van der Waals surface area contributed by atoms with Crippen LogP contribution in [0.5, 0.6) is 0 Å². The molecule has 3 rings (SSSR count). The summed E-state index contributed by atoms with van der Waals surface area (Å²) >= 11 is 0. The predicted molar refractivity (Wildman–Crippen MR) is 60.1 cm³/mol. The largest absolute Gasteiger partial charge is 0.326 e. The summed E-state index contributed by atoms with van der Waals surface area (Å²) in [6, 6.07) is 5.53. The minimum Gasteiger partial charge on any atom is -0.326 e. The SMILES string of the molecule is O=C1Cc2cc(NC(=O)C3CC3)ccc2N1. The summed E-state index contributed by atoms with van der Waals surface area (Å²) in [5.74, 6) is 0.311. The van der Waals surface area contributed by atoms with E-state index in [2.05, 4.69) is 10.6 Å². The maximum atomic E-state index is 11.5. The van der Waals surface area contributed by atoms with Gasteiger partial charge in [0.1, 0.15) is 0 Å². The second-order valence-corrected chi connectivity index (χ2v) is 4.36. The van der Waals surface area contributed by atoms with Gasteiger partial charge >= 0.3 is 0 Å². The molecule has 0 bridgehead atoms. The van der Waals surface area contributed by atoms with Gasteiger partial charge in [-0.05, 0) is 36.6 Å². The lowest BCUT2D eigenvalue weighted by Crippen LogP contribution is -2.13. The van der Waals surface area contributed by atoms with E-state index >= 15 is 0 Å². The molecule has 1 aliphatic heterocycles. The van der Waals surface area contributed by atoms with Crippen molar-refractivity contribution in [3.8, 4) is 0 Å². The first-order chi connectivity index (χ1) is 7.72. The van der Waals surface area contributed by atoms with Crippen LogP contribution < -0.4 is 10.6 Å². The van der Waals surface area contributed by atoms with Gasteiger partial charge < -0.3 is 10.6 Å². The van der Waals surface area contributed by atoms with Crippen molar-refractivity contribution < 1.29 is 9.59 Å². The van der Waals surface area contributed by atoms with E-state index in [-0.39, 0.29) is 17.7 Å². The molecule has 1 saturated carbocycles. The molecule has 0 unspecified atom stereocenters. The standard InChI is InChI=1S/C12H12N2O2/c15-11-6-8-5-9(3-4-10(8)14-11)13-12(16)7-1-2-7/h3-5,7H,1-2,6H2,(H,13,16)(H,14,15). The Balaban J connectivity index is 1.79. The normalized spacial score (nSPS) is 17.9. The zero-order valence-electron chi connectivity index (χ0n) is 8.75. The quantitative estimate of drug-likeness (QED) is 0.787. The summed E-state index contributed by atoms with van der Waals surface area (Å²) in [7, 11) is 0. The van der Waals surface area contributed by atoms with Gasteiger partial charge in [-0.3, -0.25) is 9.59 Å². The van der Waals surface area contributed by atoms with Crippen molar-refractivity contribution in [3.63, 3.8) is 0 Å². The van der Waals surface area contributed by atoms with Crippen LogP contribution in [0.25, 0.3) is 0 Å². The fourth-order valence-corrected chi connectivity index (χ4v) is 1.90. The first kappa shape index (κ1) is 9.39. The molecule has 2 amide bonds. The number of carbonyl (C=O) groups is 2. The first-order valence-corrected chi connectivity index (χ1v) is 5.46. The van der Waals surface area contributed by atoms with Crippen molar-refractivity contribution in [2.24, 2.45) is 5.92 Å². The highest BCUT2D eigenvalue weighted by molar-refractivity contribution is 6.00. The maximum Gasteiger partial charge on any atom is 0.228 e. The average Bonchev–Trinajstić information content (AvgIpc) is 3.01. The third-order valence-corrected chi connectivity index (χ3v) is 2.95. The number of carbonyl (C=O) groups excluding carboxylic acids is 2. The van der Waals surface area contributed by atoms with Gasteiger partial charge in [0.15, 0.2) is 0 Å². The lowest BCUT2D eigenvalue weighted by molar-refractivity contribution is -0.117.